The minimum absolute atomic E-state index is 0.0111. The normalized spacial score (nSPS) is 10.6. The summed E-state index contributed by atoms with van der Waals surface area (Å²) < 4.78 is 5.25. The number of aryl methyl sites for hydroxylation is 1. The molecule has 6 heteroatoms. The average Bonchev–Trinajstić information content (AvgIpc) is 2.52. The van der Waals surface area contributed by atoms with Crippen molar-refractivity contribution >= 4 is 11.9 Å². The molecule has 0 aromatic heterocycles. The van der Waals surface area contributed by atoms with Crippen LogP contribution in [0.25, 0.3) is 0 Å². The highest BCUT2D eigenvalue weighted by molar-refractivity contribution is 5.84. The van der Waals surface area contributed by atoms with Crippen LogP contribution in [-0.2, 0) is 11.4 Å². The van der Waals surface area contributed by atoms with Crippen molar-refractivity contribution in [3.05, 3.63) is 69.3 Å². The summed E-state index contributed by atoms with van der Waals surface area (Å²) in [5.41, 5.74) is 2.33. The maximum absolute atomic E-state index is 10.9. The van der Waals surface area contributed by atoms with E-state index >= 15 is 0 Å². The molecule has 2 rings (SSSR count). The zero-order chi connectivity index (χ0) is 15.9. The van der Waals surface area contributed by atoms with Crippen LogP contribution >= 0.6 is 0 Å². The van der Waals surface area contributed by atoms with E-state index in [2.05, 4.69) is 5.16 Å². The summed E-state index contributed by atoms with van der Waals surface area (Å²) in [6, 6.07) is 12.1. The van der Waals surface area contributed by atoms with Crippen LogP contribution in [0.15, 0.2) is 47.6 Å². The van der Waals surface area contributed by atoms with Crippen molar-refractivity contribution in [2.75, 3.05) is 7.11 Å². The Morgan fingerprint density at radius 3 is 2.77 bits per heavy atom. The van der Waals surface area contributed by atoms with Gasteiger partial charge >= 0.3 is 0 Å². The number of nitro benzene ring substituents is 1. The number of para-hydroxylation sites is 1. The van der Waals surface area contributed by atoms with Crippen LogP contribution in [0.5, 0.6) is 5.75 Å². The molecule has 0 bridgehead atoms. The summed E-state index contributed by atoms with van der Waals surface area (Å²) in [7, 11) is 1.59. The van der Waals surface area contributed by atoms with E-state index in [9.17, 15) is 10.1 Å². The first-order valence-corrected chi connectivity index (χ1v) is 6.64. The standard InChI is InChI=1S/C16H16N2O4/c1-12-7-8-16(21-2)14(9-12)11-22-17-10-13-5-3-4-6-15(13)18(19)20/h3-10H,11H2,1-2H3. The highest BCUT2D eigenvalue weighted by Gasteiger charge is 2.10. The van der Waals surface area contributed by atoms with Crippen LogP contribution in [0.4, 0.5) is 5.69 Å². The molecule has 0 aliphatic carbocycles. The lowest BCUT2D eigenvalue weighted by atomic mass is 10.1. The number of hydrogen-bond donors (Lipinski definition) is 0. The number of rotatable bonds is 6. The summed E-state index contributed by atoms with van der Waals surface area (Å²) in [5, 5.41) is 14.7. The summed E-state index contributed by atoms with van der Waals surface area (Å²) in [6.45, 7) is 2.20. The molecule has 2 aromatic rings. The fourth-order valence-electron chi connectivity index (χ4n) is 1.98. The van der Waals surface area contributed by atoms with Crippen LogP contribution in [0.2, 0.25) is 0 Å². The van der Waals surface area contributed by atoms with Gasteiger partial charge in [0.05, 0.1) is 23.8 Å². The number of nitrogens with zero attached hydrogens (tertiary/aromatic N) is 2. The number of methoxy groups -OCH3 is 1. The summed E-state index contributed by atoms with van der Waals surface area (Å²) in [4.78, 5) is 15.7. The molecular weight excluding hydrogens is 284 g/mol. The van der Waals surface area contributed by atoms with Crippen molar-refractivity contribution < 1.29 is 14.5 Å². The van der Waals surface area contributed by atoms with E-state index in [1.807, 2.05) is 25.1 Å². The van der Waals surface area contributed by atoms with Gasteiger partial charge < -0.3 is 9.57 Å². The molecule has 0 aliphatic rings. The maximum atomic E-state index is 10.9. The fourth-order valence-corrected chi connectivity index (χ4v) is 1.98. The monoisotopic (exact) mass is 300 g/mol. The van der Waals surface area contributed by atoms with Gasteiger partial charge in [0.25, 0.3) is 5.69 Å². The van der Waals surface area contributed by atoms with Crippen molar-refractivity contribution in [3.63, 3.8) is 0 Å². The smallest absolute Gasteiger partial charge is 0.278 e. The van der Waals surface area contributed by atoms with E-state index in [4.69, 9.17) is 9.57 Å². The third kappa shape index (κ3) is 3.82. The molecule has 114 valence electrons. The van der Waals surface area contributed by atoms with Gasteiger partial charge in [-0.2, -0.15) is 0 Å². The lowest BCUT2D eigenvalue weighted by Crippen LogP contribution is -1.96. The molecule has 22 heavy (non-hydrogen) atoms. The van der Waals surface area contributed by atoms with Crippen molar-refractivity contribution in [2.24, 2.45) is 5.16 Å². The lowest BCUT2D eigenvalue weighted by molar-refractivity contribution is -0.385. The Balaban J connectivity index is 2.05. The second-order valence-electron chi connectivity index (χ2n) is 4.64. The van der Waals surface area contributed by atoms with Gasteiger partial charge in [-0.3, -0.25) is 10.1 Å². The van der Waals surface area contributed by atoms with E-state index in [0.717, 1.165) is 11.1 Å². The lowest BCUT2D eigenvalue weighted by Gasteiger charge is -2.08. The molecule has 0 fully saturated rings. The fraction of sp³-hybridized carbons (Fsp3) is 0.188. The van der Waals surface area contributed by atoms with Gasteiger partial charge in [-0.25, -0.2) is 0 Å². The Labute approximate surface area is 128 Å². The zero-order valence-corrected chi connectivity index (χ0v) is 12.4. The number of hydrogen-bond acceptors (Lipinski definition) is 5. The minimum atomic E-state index is -0.453. The summed E-state index contributed by atoms with van der Waals surface area (Å²) in [6.07, 6.45) is 1.33. The largest absolute Gasteiger partial charge is 0.496 e. The van der Waals surface area contributed by atoms with Crippen LogP contribution in [-0.4, -0.2) is 18.2 Å². The predicted molar refractivity (Wildman–Crippen MR) is 83.2 cm³/mol. The van der Waals surface area contributed by atoms with Gasteiger partial charge in [0, 0.05) is 11.6 Å². The Hall–Kier alpha value is -2.89. The Morgan fingerprint density at radius 1 is 1.27 bits per heavy atom. The molecule has 0 N–H and O–H groups in total. The van der Waals surface area contributed by atoms with Crippen LogP contribution in [0.1, 0.15) is 16.7 Å². The molecular formula is C16H16N2O4. The van der Waals surface area contributed by atoms with Crippen LogP contribution < -0.4 is 4.74 Å². The second-order valence-corrected chi connectivity index (χ2v) is 4.64. The van der Waals surface area contributed by atoms with Crippen LogP contribution in [0, 0.1) is 17.0 Å². The van der Waals surface area contributed by atoms with E-state index < -0.39 is 4.92 Å². The van der Waals surface area contributed by atoms with Gasteiger partial charge in [-0.1, -0.05) is 28.9 Å². The van der Waals surface area contributed by atoms with E-state index in [1.165, 1.54) is 12.3 Å². The molecule has 0 atom stereocenters. The van der Waals surface area contributed by atoms with Crippen LogP contribution in [0.3, 0.4) is 0 Å². The number of oxime groups is 1. The molecule has 0 saturated heterocycles. The number of benzene rings is 2. The Morgan fingerprint density at radius 2 is 2.05 bits per heavy atom. The minimum Gasteiger partial charge on any atom is -0.496 e. The predicted octanol–water partition coefficient (Wildman–Crippen LogP) is 3.46. The van der Waals surface area contributed by atoms with E-state index in [1.54, 1.807) is 25.3 Å². The van der Waals surface area contributed by atoms with Gasteiger partial charge in [-0.15, -0.1) is 0 Å². The van der Waals surface area contributed by atoms with Gasteiger partial charge in [0.2, 0.25) is 0 Å². The quantitative estimate of drug-likeness (QED) is 0.465. The maximum Gasteiger partial charge on any atom is 0.278 e. The Bertz CT molecular complexity index is 698. The highest BCUT2D eigenvalue weighted by atomic mass is 16.6. The van der Waals surface area contributed by atoms with Crippen molar-refractivity contribution in [3.8, 4) is 5.75 Å². The summed E-state index contributed by atoms with van der Waals surface area (Å²) in [5.74, 6) is 0.714. The molecule has 0 unspecified atom stereocenters. The van der Waals surface area contributed by atoms with Gasteiger partial charge in [0.1, 0.15) is 12.4 Å². The molecule has 0 aliphatic heterocycles. The SMILES string of the molecule is COc1ccc(C)cc1CON=Cc1ccccc1[N+](=O)[O-]. The van der Waals surface area contributed by atoms with E-state index in [-0.39, 0.29) is 12.3 Å². The second kappa shape index (κ2) is 7.21. The number of nitro groups is 1. The van der Waals surface area contributed by atoms with Crippen molar-refractivity contribution in [1.29, 1.82) is 0 Å². The van der Waals surface area contributed by atoms with Gasteiger partial charge in [0.15, 0.2) is 0 Å². The van der Waals surface area contributed by atoms with Crippen molar-refractivity contribution in [1.82, 2.24) is 0 Å². The molecule has 0 heterocycles. The van der Waals surface area contributed by atoms with Gasteiger partial charge in [-0.05, 0) is 25.1 Å². The third-order valence-corrected chi connectivity index (χ3v) is 3.06. The molecule has 0 radical (unpaired) electrons. The van der Waals surface area contributed by atoms with E-state index in [0.29, 0.717) is 11.3 Å². The molecule has 6 nitrogen and oxygen atoms in total. The average molecular weight is 300 g/mol. The molecule has 0 saturated carbocycles. The summed E-state index contributed by atoms with van der Waals surface area (Å²) >= 11 is 0. The first-order chi connectivity index (χ1) is 10.6. The van der Waals surface area contributed by atoms with Crippen molar-refractivity contribution in [2.45, 2.75) is 13.5 Å². The molecule has 0 spiro atoms. The zero-order valence-electron chi connectivity index (χ0n) is 12.4. The third-order valence-electron chi connectivity index (χ3n) is 3.06. The molecule has 0 amide bonds. The number of ether oxygens (including phenoxy) is 1. The highest BCUT2D eigenvalue weighted by Crippen LogP contribution is 2.20. The molecule has 2 aromatic carbocycles. The first kappa shape index (κ1) is 15.5. The Kier molecular flexibility index (Phi) is 5.08. The first-order valence-electron chi connectivity index (χ1n) is 6.64. The topological polar surface area (TPSA) is 74.0 Å².